The lowest BCUT2D eigenvalue weighted by molar-refractivity contribution is -0.137. The Balaban J connectivity index is 1.93. The summed E-state index contributed by atoms with van der Waals surface area (Å²) in [6.07, 6.45) is 2.17. The van der Waals surface area contributed by atoms with E-state index in [1.807, 2.05) is 11.0 Å². The second-order valence-electron chi connectivity index (χ2n) is 5.57. The molecule has 1 amide bonds. The van der Waals surface area contributed by atoms with Crippen LogP contribution >= 0.6 is 0 Å². The molecule has 0 N–H and O–H groups in total. The Labute approximate surface area is 122 Å². The van der Waals surface area contributed by atoms with E-state index >= 15 is 0 Å². The van der Waals surface area contributed by atoms with Crippen LogP contribution in [0.3, 0.4) is 0 Å². The van der Waals surface area contributed by atoms with Crippen LogP contribution in [0.1, 0.15) is 32.3 Å². The normalized spacial score (nSPS) is 19.8. The monoisotopic (exact) mass is 274 g/mol. The molecule has 1 saturated heterocycles. The molecular formula is C17H26N2O. The van der Waals surface area contributed by atoms with Crippen molar-refractivity contribution < 1.29 is 4.79 Å². The first-order valence-electron chi connectivity index (χ1n) is 7.79. The Morgan fingerprint density at radius 2 is 1.95 bits per heavy atom. The van der Waals surface area contributed by atoms with Gasteiger partial charge in [0.25, 0.3) is 0 Å². The van der Waals surface area contributed by atoms with E-state index in [4.69, 9.17) is 0 Å². The summed E-state index contributed by atoms with van der Waals surface area (Å²) in [6, 6.07) is 10.5. The molecule has 1 aromatic carbocycles. The highest BCUT2D eigenvalue weighted by Gasteiger charge is 2.28. The highest BCUT2D eigenvalue weighted by atomic mass is 16.2. The van der Waals surface area contributed by atoms with Crippen LogP contribution in [0, 0.1) is 5.92 Å². The standard InChI is InChI=1S/C17H26N2O/c1-3-19(4-2)17(20)16-11-8-12-18(14-16)13-15-9-6-5-7-10-15/h5-7,9-10,16H,3-4,8,11-14H2,1-2H3/t16-/m0/s1. The fourth-order valence-electron chi connectivity index (χ4n) is 3.04. The van der Waals surface area contributed by atoms with Crippen molar-refractivity contribution in [1.82, 2.24) is 9.80 Å². The lowest BCUT2D eigenvalue weighted by Gasteiger charge is -2.34. The average molecular weight is 274 g/mol. The van der Waals surface area contributed by atoms with E-state index < -0.39 is 0 Å². The molecule has 2 rings (SSSR count). The van der Waals surface area contributed by atoms with Gasteiger partial charge in [-0.05, 0) is 38.8 Å². The number of piperidine rings is 1. The zero-order valence-electron chi connectivity index (χ0n) is 12.7. The molecule has 20 heavy (non-hydrogen) atoms. The van der Waals surface area contributed by atoms with Crippen molar-refractivity contribution in [2.75, 3.05) is 26.2 Å². The maximum Gasteiger partial charge on any atom is 0.226 e. The summed E-state index contributed by atoms with van der Waals surface area (Å²) < 4.78 is 0. The molecule has 0 aromatic heterocycles. The van der Waals surface area contributed by atoms with Gasteiger partial charge in [0.2, 0.25) is 5.91 Å². The van der Waals surface area contributed by atoms with Crippen LogP contribution in [0.25, 0.3) is 0 Å². The van der Waals surface area contributed by atoms with Crippen molar-refractivity contribution in [2.24, 2.45) is 5.92 Å². The number of hydrogen-bond acceptors (Lipinski definition) is 2. The van der Waals surface area contributed by atoms with Crippen molar-refractivity contribution in [3.8, 4) is 0 Å². The number of rotatable bonds is 5. The van der Waals surface area contributed by atoms with E-state index in [9.17, 15) is 4.79 Å². The highest BCUT2D eigenvalue weighted by molar-refractivity contribution is 5.79. The van der Waals surface area contributed by atoms with Crippen molar-refractivity contribution >= 4 is 5.91 Å². The van der Waals surface area contributed by atoms with Gasteiger partial charge in [-0.15, -0.1) is 0 Å². The number of amides is 1. The Hall–Kier alpha value is -1.35. The number of benzene rings is 1. The molecule has 1 heterocycles. The summed E-state index contributed by atoms with van der Waals surface area (Å²) in [6.45, 7) is 8.75. The summed E-state index contributed by atoms with van der Waals surface area (Å²) in [5, 5.41) is 0. The van der Waals surface area contributed by atoms with Crippen molar-refractivity contribution in [1.29, 1.82) is 0 Å². The third-order valence-corrected chi connectivity index (χ3v) is 4.18. The number of hydrogen-bond donors (Lipinski definition) is 0. The molecule has 1 atom stereocenters. The van der Waals surface area contributed by atoms with Gasteiger partial charge in [-0.2, -0.15) is 0 Å². The van der Waals surface area contributed by atoms with Crippen LogP contribution in [0.4, 0.5) is 0 Å². The molecule has 1 fully saturated rings. The number of carbonyl (C=O) groups excluding carboxylic acids is 1. The molecule has 1 aliphatic rings. The zero-order chi connectivity index (χ0) is 14.4. The maximum atomic E-state index is 12.5. The third kappa shape index (κ3) is 3.83. The minimum absolute atomic E-state index is 0.187. The van der Waals surface area contributed by atoms with E-state index in [1.54, 1.807) is 0 Å². The first-order valence-corrected chi connectivity index (χ1v) is 7.79. The Kier molecular flexibility index (Phi) is 5.60. The van der Waals surface area contributed by atoms with Gasteiger partial charge < -0.3 is 4.90 Å². The average Bonchev–Trinajstić information content (AvgIpc) is 2.49. The van der Waals surface area contributed by atoms with Gasteiger partial charge in [-0.25, -0.2) is 0 Å². The molecule has 0 aliphatic carbocycles. The van der Waals surface area contributed by atoms with Crippen LogP contribution in [0.2, 0.25) is 0 Å². The molecule has 0 saturated carbocycles. The van der Waals surface area contributed by atoms with Crippen LogP contribution in [0.5, 0.6) is 0 Å². The molecule has 0 spiro atoms. The van der Waals surface area contributed by atoms with Gasteiger partial charge in [-0.1, -0.05) is 30.3 Å². The zero-order valence-corrected chi connectivity index (χ0v) is 12.7. The summed E-state index contributed by atoms with van der Waals surface area (Å²) in [5.41, 5.74) is 1.34. The van der Waals surface area contributed by atoms with Crippen molar-refractivity contribution in [3.05, 3.63) is 35.9 Å². The van der Waals surface area contributed by atoms with Gasteiger partial charge in [-0.3, -0.25) is 9.69 Å². The first kappa shape index (κ1) is 15.0. The largest absolute Gasteiger partial charge is 0.343 e. The summed E-state index contributed by atoms with van der Waals surface area (Å²) in [4.78, 5) is 16.8. The van der Waals surface area contributed by atoms with Crippen molar-refractivity contribution in [3.63, 3.8) is 0 Å². The van der Waals surface area contributed by atoms with Crippen molar-refractivity contribution in [2.45, 2.75) is 33.2 Å². The Morgan fingerprint density at radius 1 is 1.25 bits per heavy atom. The fraction of sp³-hybridized carbons (Fsp3) is 0.588. The summed E-state index contributed by atoms with van der Waals surface area (Å²) >= 11 is 0. The quantitative estimate of drug-likeness (QED) is 0.824. The second kappa shape index (κ2) is 7.44. The van der Waals surface area contributed by atoms with Gasteiger partial charge in [0, 0.05) is 26.2 Å². The molecule has 110 valence electrons. The summed E-state index contributed by atoms with van der Waals surface area (Å²) in [7, 11) is 0. The van der Waals surface area contributed by atoms with E-state index in [0.717, 1.165) is 45.6 Å². The van der Waals surface area contributed by atoms with E-state index in [2.05, 4.69) is 43.0 Å². The fourth-order valence-corrected chi connectivity index (χ4v) is 3.04. The van der Waals surface area contributed by atoms with Gasteiger partial charge in [0.15, 0.2) is 0 Å². The molecule has 1 aliphatic heterocycles. The predicted molar refractivity (Wildman–Crippen MR) is 82.4 cm³/mol. The van der Waals surface area contributed by atoms with Crippen LogP contribution in [0.15, 0.2) is 30.3 Å². The molecular weight excluding hydrogens is 248 g/mol. The second-order valence-corrected chi connectivity index (χ2v) is 5.57. The van der Waals surface area contributed by atoms with Crippen LogP contribution < -0.4 is 0 Å². The molecule has 0 bridgehead atoms. The molecule has 3 nitrogen and oxygen atoms in total. The lowest BCUT2D eigenvalue weighted by atomic mass is 9.96. The Morgan fingerprint density at radius 3 is 2.60 bits per heavy atom. The van der Waals surface area contributed by atoms with E-state index in [-0.39, 0.29) is 5.92 Å². The minimum atomic E-state index is 0.187. The molecule has 0 radical (unpaired) electrons. The number of carbonyl (C=O) groups is 1. The van der Waals surface area contributed by atoms with Crippen LogP contribution in [-0.2, 0) is 11.3 Å². The number of nitrogens with zero attached hydrogens (tertiary/aromatic N) is 2. The minimum Gasteiger partial charge on any atom is -0.343 e. The first-order chi connectivity index (χ1) is 9.74. The summed E-state index contributed by atoms with van der Waals surface area (Å²) in [5.74, 6) is 0.528. The van der Waals surface area contributed by atoms with Gasteiger partial charge in [0.05, 0.1) is 5.92 Å². The van der Waals surface area contributed by atoms with Gasteiger partial charge >= 0.3 is 0 Å². The molecule has 0 unspecified atom stereocenters. The number of likely N-dealkylation sites (tertiary alicyclic amines) is 1. The molecule has 1 aromatic rings. The van der Waals surface area contributed by atoms with E-state index in [0.29, 0.717) is 5.91 Å². The van der Waals surface area contributed by atoms with E-state index in [1.165, 1.54) is 5.56 Å². The van der Waals surface area contributed by atoms with Gasteiger partial charge in [0.1, 0.15) is 0 Å². The van der Waals surface area contributed by atoms with Crippen LogP contribution in [-0.4, -0.2) is 41.9 Å². The maximum absolute atomic E-state index is 12.5. The molecule has 3 heteroatoms. The third-order valence-electron chi connectivity index (χ3n) is 4.18. The highest BCUT2D eigenvalue weighted by Crippen LogP contribution is 2.20. The Bertz CT molecular complexity index is 414. The smallest absolute Gasteiger partial charge is 0.226 e. The predicted octanol–water partition coefficient (Wildman–Crippen LogP) is 2.77. The topological polar surface area (TPSA) is 23.6 Å². The SMILES string of the molecule is CCN(CC)C(=O)[C@H]1CCCN(Cc2ccccc2)C1. The lowest BCUT2D eigenvalue weighted by Crippen LogP contribution is -2.44.